The van der Waals surface area contributed by atoms with Crippen LogP contribution in [0.2, 0.25) is 0 Å². The van der Waals surface area contributed by atoms with Crippen LogP contribution in [0.3, 0.4) is 0 Å². The maximum atomic E-state index is 15.4. The fourth-order valence-electron chi connectivity index (χ4n) is 5.82. The van der Waals surface area contributed by atoms with Gasteiger partial charge in [-0.05, 0) is 55.9 Å². The number of allylic oxidation sites excluding steroid dienone is 3. The lowest BCUT2D eigenvalue weighted by molar-refractivity contribution is -0.122. The third-order valence-corrected chi connectivity index (χ3v) is 8.19. The van der Waals surface area contributed by atoms with Crippen molar-refractivity contribution in [3.05, 3.63) is 58.8 Å². The number of morpholine rings is 1. The van der Waals surface area contributed by atoms with Gasteiger partial charge in [-0.2, -0.15) is 5.26 Å². The quantitative estimate of drug-likeness (QED) is 0.471. The number of amides is 1. The first kappa shape index (κ1) is 31.4. The Kier molecular flexibility index (Phi) is 10.8. The zero-order chi connectivity index (χ0) is 30.9. The Bertz CT molecular complexity index is 1480. The van der Waals surface area contributed by atoms with Crippen molar-refractivity contribution in [2.45, 2.75) is 46.0 Å². The van der Waals surface area contributed by atoms with Gasteiger partial charge >= 0.3 is 0 Å². The Balaban J connectivity index is 1.39. The van der Waals surface area contributed by atoms with E-state index in [-0.39, 0.29) is 5.91 Å². The summed E-state index contributed by atoms with van der Waals surface area (Å²) in [5.74, 6) is 0.500. The molecule has 0 aromatic carbocycles. The Morgan fingerprint density at radius 2 is 1.84 bits per heavy atom. The number of aliphatic imine (C=N–C) groups is 1. The molecule has 3 aliphatic rings. The van der Waals surface area contributed by atoms with Crippen LogP contribution in [0, 0.1) is 17.1 Å². The summed E-state index contributed by atoms with van der Waals surface area (Å²) in [6.07, 6.45) is 10.2. The fourth-order valence-corrected chi connectivity index (χ4v) is 5.82. The van der Waals surface area contributed by atoms with Crippen molar-refractivity contribution < 1.29 is 18.7 Å². The lowest BCUT2D eigenvalue weighted by Gasteiger charge is -2.26. The van der Waals surface area contributed by atoms with E-state index < -0.39 is 5.82 Å². The highest BCUT2D eigenvalue weighted by Crippen LogP contribution is 2.35. The molecule has 0 bridgehead atoms. The van der Waals surface area contributed by atoms with E-state index in [0.717, 1.165) is 55.9 Å². The molecular formula is C33H40FN7O3. The molecule has 11 heteroatoms. The van der Waals surface area contributed by atoms with E-state index in [4.69, 9.17) is 14.5 Å². The van der Waals surface area contributed by atoms with Crippen LogP contribution in [0.5, 0.6) is 0 Å². The topological polar surface area (TPSA) is 116 Å². The van der Waals surface area contributed by atoms with Crippen molar-refractivity contribution in [3.8, 4) is 17.2 Å². The predicted molar refractivity (Wildman–Crippen MR) is 167 cm³/mol. The van der Waals surface area contributed by atoms with Crippen molar-refractivity contribution in [1.29, 1.82) is 5.26 Å². The predicted octanol–water partition coefficient (Wildman–Crippen LogP) is 4.48. The number of anilines is 1. The van der Waals surface area contributed by atoms with E-state index in [1.165, 1.54) is 6.20 Å². The second-order valence-corrected chi connectivity index (χ2v) is 11.0. The third-order valence-electron chi connectivity index (χ3n) is 8.19. The average molecular weight is 602 g/mol. The number of ether oxygens (including phenoxy) is 2. The van der Waals surface area contributed by atoms with E-state index in [0.29, 0.717) is 86.2 Å². The average Bonchev–Trinajstić information content (AvgIpc) is 3.43. The number of nitriles is 1. The zero-order valence-electron chi connectivity index (χ0n) is 25.6. The minimum absolute atomic E-state index is 0.0449. The van der Waals surface area contributed by atoms with Gasteiger partial charge in [0.2, 0.25) is 5.91 Å². The molecule has 0 spiro atoms. The van der Waals surface area contributed by atoms with Gasteiger partial charge in [-0.3, -0.25) is 9.69 Å². The second-order valence-electron chi connectivity index (χ2n) is 11.0. The molecule has 1 amide bonds. The van der Waals surface area contributed by atoms with Gasteiger partial charge in [-0.25, -0.2) is 19.4 Å². The minimum atomic E-state index is -0.482. The SMILES string of the molecule is CCC1=C(NC(=O)CN2CCOCC2)C=CC(=Nc2ncc(F)c(-c3cnc(N4CCCOCC4)c(C#N)c3)c2CC)CC1. The number of nitrogens with one attached hydrogen (secondary N) is 1. The number of carbonyl (C=O) groups is 1. The monoisotopic (exact) mass is 601 g/mol. The fraction of sp³-hybridized carbons (Fsp3) is 0.485. The molecule has 1 aliphatic carbocycles. The summed E-state index contributed by atoms with van der Waals surface area (Å²) < 4.78 is 26.3. The van der Waals surface area contributed by atoms with Gasteiger partial charge in [-0.1, -0.05) is 13.8 Å². The number of hydrogen-bond donors (Lipinski definition) is 1. The number of nitrogens with zero attached hydrogens (tertiary/aromatic N) is 6. The molecule has 5 rings (SSSR count). The van der Waals surface area contributed by atoms with Gasteiger partial charge < -0.3 is 19.7 Å². The van der Waals surface area contributed by atoms with Crippen LogP contribution < -0.4 is 10.2 Å². The minimum Gasteiger partial charge on any atom is -0.380 e. The molecule has 1 N–H and O–H groups in total. The summed E-state index contributed by atoms with van der Waals surface area (Å²) in [7, 11) is 0. The van der Waals surface area contributed by atoms with Crippen LogP contribution in [-0.2, 0) is 20.7 Å². The van der Waals surface area contributed by atoms with Crippen molar-refractivity contribution in [2.75, 3.05) is 64.1 Å². The van der Waals surface area contributed by atoms with E-state index in [2.05, 4.69) is 33.2 Å². The van der Waals surface area contributed by atoms with Crippen molar-refractivity contribution in [1.82, 2.24) is 20.2 Å². The van der Waals surface area contributed by atoms with Gasteiger partial charge in [0.25, 0.3) is 0 Å². The molecule has 0 unspecified atom stereocenters. The molecule has 10 nitrogen and oxygen atoms in total. The van der Waals surface area contributed by atoms with Crippen molar-refractivity contribution in [3.63, 3.8) is 0 Å². The molecule has 4 heterocycles. The van der Waals surface area contributed by atoms with E-state index in [1.54, 1.807) is 12.3 Å². The molecule has 0 radical (unpaired) electrons. The molecule has 2 aromatic rings. The first-order valence-electron chi connectivity index (χ1n) is 15.5. The van der Waals surface area contributed by atoms with Crippen molar-refractivity contribution >= 4 is 23.3 Å². The summed E-state index contributed by atoms with van der Waals surface area (Å²) in [6, 6.07) is 3.96. The second kappa shape index (κ2) is 15.1. The summed E-state index contributed by atoms with van der Waals surface area (Å²) in [4.78, 5) is 30.8. The number of carbonyl (C=O) groups excluding carboxylic acids is 1. The molecule has 44 heavy (non-hydrogen) atoms. The van der Waals surface area contributed by atoms with Gasteiger partial charge in [0.1, 0.15) is 17.7 Å². The van der Waals surface area contributed by atoms with Crippen LogP contribution in [0.1, 0.15) is 50.7 Å². The van der Waals surface area contributed by atoms with Gasteiger partial charge in [-0.15, -0.1) is 0 Å². The standard InChI is InChI=1S/C33H40FN7O3/c1-3-23-6-7-26(8-9-29(23)39-30(42)22-40-11-15-44-16-12-40)38-32-27(4-2)31(28(34)21-36-32)25-18-24(19-35)33(37-20-25)41-10-5-14-43-17-13-41/h8-9,18,20-21H,3-7,10-17,22H2,1-2H3,(H,39,42). The smallest absolute Gasteiger partial charge is 0.238 e. The summed E-state index contributed by atoms with van der Waals surface area (Å²) in [5, 5.41) is 13.1. The van der Waals surface area contributed by atoms with E-state index in [1.807, 2.05) is 24.0 Å². The maximum absolute atomic E-state index is 15.4. The number of pyridine rings is 2. The molecule has 2 saturated heterocycles. The normalized spacial score (nSPS) is 19.0. The van der Waals surface area contributed by atoms with Crippen LogP contribution in [0.15, 0.2) is 46.9 Å². The Morgan fingerprint density at radius 1 is 1.05 bits per heavy atom. The Labute approximate surface area is 258 Å². The Hall–Kier alpha value is -3.98. The molecule has 2 fully saturated rings. The lowest BCUT2D eigenvalue weighted by Crippen LogP contribution is -2.43. The van der Waals surface area contributed by atoms with Gasteiger partial charge in [0, 0.05) is 67.1 Å². The number of rotatable bonds is 8. The van der Waals surface area contributed by atoms with Crippen LogP contribution in [0.4, 0.5) is 16.0 Å². The summed E-state index contributed by atoms with van der Waals surface area (Å²) in [5.41, 5.74) is 4.68. The molecule has 2 aromatic heterocycles. The molecule has 0 atom stereocenters. The van der Waals surface area contributed by atoms with Gasteiger partial charge in [0.15, 0.2) is 5.82 Å². The van der Waals surface area contributed by atoms with Gasteiger partial charge in [0.05, 0.1) is 38.1 Å². The maximum Gasteiger partial charge on any atom is 0.238 e. The summed E-state index contributed by atoms with van der Waals surface area (Å²) >= 11 is 0. The number of aromatic nitrogens is 2. The Morgan fingerprint density at radius 3 is 2.61 bits per heavy atom. The number of hydrogen-bond acceptors (Lipinski definition) is 9. The first-order valence-corrected chi connectivity index (χ1v) is 15.5. The zero-order valence-corrected chi connectivity index (χ0v) is 25.6. The highest BCUT2D eigenvalue weighted by molar-refractivity contribution is 5.98. The largest absolute Gasteiger partial charge is 0.380 e. The molecule has 0 saturated carbocycles. The number of halogens is 1. The molecule has 232 valence electrons. The highest BCUT2D eigenvalue weighted by Gasteiger charge is 2.21. The van der Waals surface area contributed by atoms with Crippen molar-refractivity contribution in [2.24, 2.45) is 4.99 Å². The summed E-state index contributed by atoms with van der Waals surface area (Å²) in [6.45, 7) is 9.78. The van der Waals surface area contributed by atoms with Crippen LogP contribution in [0.25, 0.3) is 11.1 Å². The van der Waals surface area contributed by atoms with E-state index >= 15 is 4.39 Å². The van der Waals surface area contributed by atoms with Crippen LogP contribution >= 0.6 is 0 Å². The van der Waals surface area contributed by atoms with Crippen LogP contribution in [-0.4, -0.2) is 85.6 Å². The molecular weight excluding hydrogens is 561 g/mol. The molecule has 2 aliphatic heterocycles. The first-order chi connectivity index (χ1) is 21.5. The third kappa shape index (κ3) is 7.56. The highest BCUT2D eigenvalue weighted by atomic mass is 19.1. The van der Waals surface area contributed by atoms with E-state index in [9.17, 15) is 10.1 Å². The lowest BCUT2D eigenvalue weighted by atomic mass is 9.98.